The van der Waals surface area contributed by atoms with Crippen molar-refractivity contribution in [2.24, 2.45) is 0 Å². The summed E-state index contributed by atoms with van der Waals surface area (Å²) in [6.45, 7) is 2.66. The molecule has 26 heavy (non-hydrogen) atoms. The highest BCUT2D eigenvalue weighted by atomic mass is 127. The Hall–Kier alpha value is -1.29. The van der Waals surface area contributed by atoms with Gasteiger partial charge in [-0.15, -0.1) is 0 Å². The molecule has 2 aromatic carbocycles. The van der Waals surface area contributed by atoms with Crippen LogP contribution >= 0.6 is 45.2 Å². The molecule has 0 fully saturated rings. The van der Waals surface area contributed by atoms with E-state index in [-0.39, 0.29) is 17.1 Å². The van der Waals surface area contributed by atoms with Gasteiger partial charge < -0.3 is 4.57 Å². The summed E-state index contributed by atoms with van der Waals surface area (Å²) < 4.78 is 30.7. The van der Waals surface area contributed by atoms with Crippen LogP contribution < -0.4 is 5.43 Å². The summed E-state index contributed by atoms with van der Waals surface area (Å²) in [5.41, 5.74) is 2.47. The van der Waals surface area contributed by atoms with Crippen LogP contribution in [-0.4, -0.2) is 4.57 Å². The number of benzene rings is 2. The van der Waals surface area contributed by atoms with Gasteiger partial charge in [0.15, 0.2) is 0 Å². The van der Waals surface area contributed by atoms with Crippen molar-refractivity contribution in [1.29, 1.82) is 0 Å². The largest absolute Gasteiger partial charge is 0.339 e. The SMILES string of the molecule is CCCn1c(-c2cccc(F)c2)c(I)c(=O)c(I)c1-c1cccc(F)c1. The van der Waals surface area contributed by atoms with Crippen LogP contribution in [0.3, 0.4) is 0 Å². The highest BCUT2D eigenvalue weighted by Crippen LogP contribution is 2.33. The molecule has 1 heterocycles. The first-order valence-electron chi connectivity index (χ1n) is 8.07. The molecule has 0 saturated heterocycles. The van der Waals surface area contributed by atoms with Crippen LogP contribution in [0.2, 0.25) is 0 Å². The highest BCUT2D eigenvalue weighted by molar-refractivity contribution is 14.1. The molecule has 0 saturated carbocycles. The molecule has 3 aromatic rings. The second-order valence-electron chi connectivity index (χ2n) is 5.83. The van der Waals surface area contributed by atoms with Crippen molar-refractivity contribution in [3.05, 3.63) is 77.5 Å². The molecule has 0 aliphatic rings. The number of halogens is 4. The lowest BCUT2D eigenvalue weighted by molar-refractivity contribution is 0.626. The summed E-state index contributed by atoms with van der Waals surface area (Å²) in [6, 6.07) is 12.4. The van der Waals surface area contributed by atoms with E-state index in [2.05, 4.69) is 0 Å². The topological polar surface area (TPSA) is 22.0 Å². The van der Waals surface area contributed by atoms with Crippen LogP contribution in [0.4, 0.5) is 8.78 Å². The highest BCUT2D eigenvalue weighted by Gasteiger charge is 2.21. The normalized spacial score (nSPS) is 11.0. The molecule has 134 valence electrons. The first kappa shape index (κ1) is 19.5. The third-order valence-corrected chi connectivity index (χ3v) is 6.00. The lowest BCUT2D eigenvalue weighted by atomic mass is 10.1. The zero-order valence-corrected chi connectivity index (χ0v) is 18.2. The summed E-state index contributed by atoms with van der Waals surface area (Å²) in [7, 11) is 0. The van der Waals surface area contributed by atoms with Gasteiger partial charge >= 0.3 is 0 Å². The van der Waals surface area contributed by atoms with Gasteiger partial charge in [-0.3, -0.25) is 4.79 Å². The van der Waals surface area contributed by atoms with E-state index in [0.717, 1.165) is 6.42 Å². The van der Waals surface area contributed by atoms with Gasteiger partial charge in [0.1, 0.15) is 11.6 Å². The van der Waals surface area contributed by atoms with Crippen molar-refractivity contribution in [2.45, 2.75) is 19.9 Å². The Morgan fingerprint density at radius 1 is 0.885 bits per heavy atom. The van der Waals surface area contributed by atoms with Gasteiger partial charge in [-0.2, -0.15) is 0 Å². The summed E-state index contributed by atoms with van der Waals surface area (Å²) >= 11 is 4.04. The van der Waals surface area contributed by atoms with Gasteiger partial charge in [0, 0.05) is 17.7 Å². The number of aromatic nitrogens is 1. The minimum Gasteiger partial charge on any atom is -0.339 e. The molecule has 0 bridgehead atoms. The van der Waals surface area contributed by atoms with Gasteiger partial charge in [0.05, 0.1) is 18.5 Å². The average Bonchev–Trinajstić information content (AvgIpc) is 2.60. The van der Waals surface area contributed by atoms with Crippen LogP contribution in [0.1, 0.15) is 13.3 Å². The number of nitrogens with zero attached hydrogens (tertiary/aromatic N) is 1. The molecular weight excluding hydrogens is 562 g/mol. The fourth-order valence-electron chi connectivity index (χ4n) is 2.94. The minimum absolute atomic E-state index is 0.128. The maximum Gasteiger partial charge on any atom is 0.209 e. The molecule has 6 heteroatoms. The number of pyridine rings is 1. The third kappa shape index (κ3) is 3.71. The van der Waals surface area contributed by atoms with Crippen LogP contribution in [0, 0.1) is 18.8 Å². The van der Waals surface area contributed by atoms with E-state index in [4.69, 9.17) is 0 Å². The standard InChI is InChI=1S/C20H15F2I2NO/c1-2-9-25-18(12-5-3-7-14(21)10-12)16(23)20(26)17(24)19(25)13-6-4-8-15(22)11-13/h3-8,10-11H,2,9H2,1H3. The van der Waals surface area contributed by atoms with Crippen LogP contribution in [0.15, 0.2) is 53.3 Å². The smallest absolute Gasteiger partial charge is 0.209 e. The average molecular weight is 577 g/mol. The van der Waals surface area contributed by atoms with E-state index in [1.54, 1.807) is 24.3 Å². The van der Waals surface area contributed by atoms with Crippen molar-refractivity contribution in [3.63, 3.8) is 0 Å². The quantitative estimate of drug-likeness (QED) is 0.345. The van der Waals surface area contributed by atoms with E-state index in [0.29, 0.717) is 36.2 Å². The monoisotopic (exact) mass is 577 g/mol. The molecular formula is C20H15F2I2NO. The van der Waals surface area contributed by atoms with Crippen molar-refractivity contribution >= 4 is 45.2 Å². The van der Waals surface area contributed by atoms with Gasteiger partial charge in [-0.25, -0.2) is 8.78 Å². The second kappa shape index (κ2) is 8.16. The molecule has 1 aromatic heterocycles. The molecule has 0 amide bonds. The Balaban J connectivity index is 2.43. The van der Waals surface area contributed by atoms with Gasteiger partial charge in [0.25, 0.3) is 0 Å². The first-order valence-corrected chi connectivity index (χ1v) is 10.2. The molecule has 3 rings (SSSR count). The second-order valence-corrected chi connectivity index (χ2v) is 7.98. The number of rotatable bonds is 4. The Labute approximate surface area is 177 Å². The van der Waals surface area contributed by atoms with E-state index in [9.17, 15) is 13.6 Å². The Kier molecular flexibility index (Phi) is 6.11. The van der Waals surface area contributed by atoms with E-state index in [1.807, 2.05) is 56.7 Å². The van der Waals surface area contributed by atoms with Crippen molar-refractivity contribution in [2.75, 3.05) is 0 Å². The van der Waals surface area contributed by atoms with Crippen LogP contribution in [0.25, 0.3) is 22.5 Å². The Bertz CT molecular complexity index is 955. The van der Waals surface area contributed by atoms with Gasteiger partial charge in [-0.1, -0.05) is 31.2 Å². The molecule has 0 aliphatic heterocycles. The van der Waals surface area contributed by atoms with E-state index in [1.165, 1.54) is 24.3 Å². The fraction of sp³-hybridized carbons (Fsp3) is 0.150. The summed E-state index contributed by atoms with van der Waals surface area (Å²) in [5.74, 6) is -0.723. The maximum absolute atomic E-state index is 13.8. The lowest BCUT2D eigenvalue weighted by Gasteiger charge is -2.22. The molecule has 0 N–H and O–H groups in total. The van der Waals surface area contributed by atoms with Crippen LogP contribution in [0.5, 0.6) is 0 Å². The lowest BCUT2D eigenvalue weighted by Crippen LogP contribution is -2.21. The summed E-state index contributed by atoms with van der Waals surface area (Å²) in [6.07, 6.45) is 0.819. The number of hydrogen-bond acceptors (Lipinski definition) is 1. The minimum atomic E-state index is -0.361. The van der Waals surface area contributed by atoms with Crippen LogP contribution in [-0.2, 0) is 6.54 Å². The zero-order chi connectivity index (χ0) is 18.8. The molecule has 2 nitrogen and oxygen atoms in total. The fourth-order valence-corrected chi connectivity index (χ4v) is 5.20. The third-order valence-electron chi connectivity index (χ3n) is 4.00. The zero-order valence-electron chi connectivity index (χ0n) is 13.9. The van der Waals surface area contributed by atoms with Crippen molar-refractivity contribution < 1.29 is 8.78 Å². The molecule has 0 radical (unpaired) electrons. The summed E-state index contributed by atoms with van der Waals surface area (Å²) in [5, 5.41) is 0. The number of hydrogen-bond donors (Lipinski definition) is 0. The summed E-state index contributed by atoms with van der Waals surface area (Å²) in [4.78, 5) is 12.9. The van der Waals surface area contributed by atoms with Crippen molar-refractivity contribution in [1.82, 2.24) is 4.57 Å². The molecule has 0 aliphatic carbocycles. The molecule has 0 unspecified atom stereocenters. The van der Waals surface area contributed by atoms with Crippen molar-refractivity contribution in [3.8, 4) is 22.5 Å². The predicted octanol–water partition coefficient (Wildman–Crippen LogP) is 6.08. The first-order chi connectivity index (χ1) is 12.4. The Morgan fingerprint density at radius 2 is 1.35 bits per heavy atom. The van der Waals surface area contributed by atoms with Gasteiger partial charge in [0.2, 0.25) is 5.43 Å². The van der Waals surface area contributed by atoms with E-state index >= 15 is 0 Å². The van der Waals surface area contributed by atoms with E-state index < -0.39 is 0 Å². The molecule has 0 spiro atoms. The van der Waals surface area contributed by atoms with Gasteiger partial charge in [-0.05, 0) is 75.9 Å². The maximum atomic E-state index is 13.8. The predicted molar refractivity (Wildman–Crippen MR) is 117 cm³/mol. The molecule has 0 atom stereocenters. The Morgan fingerprint density at radius 3 is 1.73 bits per heavy atom.